The Bertz CT molecular complexity index is 610. The molecular formula is C15H21N5O. The highest BCUT2D eigenvalue weighted by atomic mass is 16.1. The van der Waals surface area contributed by atoms with Gasteiger partial charge in [0, 0.05) is 31.5 Å². The topological polar surface area (TPSA) is 71.8 Å². The maximum absolute atomic E-state index is 11.5. The predicted octanol–water partition coefficient (Wildman–Crippen LogP) is 1.52. The molecule has 0 aliphatic heterocycles. The second-order valence-electron chi connectivity index (χ2n) is 5.85. The highest BCUT2D eigenvalue weighted by Gasteiger charge is 2.10. The van der Waals surface area contributed by atoms with E-state index in [0.29, 0.717) is 11.5 Å². The third kappa shape index (κ3) is 4.13. The van der Waals surface area contributed by atoms with E-state index < -0.39 is 0 Å². The maximum atomic E-state index is 11.5. The van der Waals surface area contributed by atoms with Gasteiger partial charge in [0.05, 0.1) is 0 Å². The third-order valence-electron chi connectivity index (χ3n) is 2.92. The van der Waals surface area contributed by atoms with Crippen molar-refractivity contribution in [1.82, 2.24) is 25.4 Å². The number of nitrogens with one attached hydrogen (secondary N) is 2. The molecule has 2 rings (SSSR count). The lowest BCUT2D eigenvalue weighted by Gasteiger charge is -2.20. The van der Waals surface area contributed by atoms with Crippen molar-refractivity contribution in [3.05, 3.63) is 41.9 Å². The summed E-state index contributed by atoms with van der Waals surface area (Å²) < 4.78 is 1.59. The van der Waals surface area contributed by atoms with E-state index in [4.69, 9.17) is 0 Å². The van der Waals surface area contributed by atoms with Gasteiger partial charge in [-0.25, -0.2) is 9.67 Å². The van der Waals surface area contributed by atoms with E-state index in [9.17, 15) is 4.79 Å². The zero-order valence-corrected chi connectivity index (χ0v) is 12.8. The van der Waals surface area contributed by atoms with Crippen LogP contribution in [0, 0.1) is 0 Å². The van der Waals surface area contributed by atoms with Crippen LogP contribution >= 0.6 is 0 Å². The number of pyridine rings is 1. The van der Waals surface area contributed by atoms with E-state index in [2.05, 4.69) is 41.5 Å². The molecule has 1 amide bonds. The number of hydrogen-bond donors (Lipinski definition) is 2. The van der Waals surface area contributed by atoms with Crippen LogP contribution < -0.4 is 10.6 Å². The van der Waals surface area contributed by atoms with Crippen molar-refractivity contribution < 1.29 is 4.79 Å². The average Bonchev–Trinajstić information content (AvgIpc) is 2.94. The molecule has 0 saturated carbocycles. The molecule has 2 aromatic heterocycles. The van der Waals surface area contributed by atoms with Crippen molar-refractivity contribution in [2.24, 2.45) is 0 Å². The quantitative estimate of drug-likeness (QED) is 0.894. The molecule has 2 aromatic rings. The zero-order valence-electron chi connectivity index (χ0n) is 12.8. The molecule has 0 radical (unpaired) electrons. The molecule has 0 bridgehead atoms. The number of carbonyl (C=O) groups excluding carboxylic acids is 1. The van der Waals surface area contributed by atoms with Crippen LogP contribution in [-0.4, -0.2) is 33.3 Å². The molecule has 2 N–H and O–H groups in total. The van der Waals surface area contributed by atoms with Gasteiger partial charge in [-0.3, -0.25) is 4.79 Å². The summed E-state index contributed by atoms with van der Waals surface area (Å²) in [5.74, 6) is 0.476. The number of hydrogen-bond acceptors (Lipinski definition) is 4. The summed E-state index contributed by atoms with van der Waals surface area (Å²) >= 11 is 0. The lowest BCUT2D eigenvalue weighted by molar-refractivity contribution is 0.0957. The van der Waals surface area contributed by atoms with Gasteiger partial charge in [0.2, 0.25) is 0 Å². The van der Waals surface area contributed by atoms with Crippen LogP contribution in [0.1, 0.15) is 36.8 Å². The Kier molecular flexibility index (Phi) is 4.37. The smallest absolute Gasteiger partial charge is 0.271 e. The Hall–Kier alpha value is -2.21. The second kappa shape index (κ2) is 6.05. The number of rotatable bonds is 4. The van der Waals surface area contributed by atoms with Crippen LogP contribution in [0.15, 0.2) is 30.6 Å². The predicted molar refractivity (Wildman–Crippen MR) is 81.3 cm³/mol. The van der Waals surface area contributed by atoms with Crippen LogP contribution in [0.4, 0.5) is 0 Å². The number of nitrogens with zero attached hydrogens (tertiary/aromatic N) is 3. The van der Waals surface area contributed by atoms with Gasteiger partial charge in [-0.1, -0.05) is 6.07 Å². The van der Waals surface area contributed by atoms with Crippen LogP contribution in [-0.2, 0) is 6.54 Å². The van der Waals surface area contributed by atoms with Gasteiger partial charge in [0.15, 0.2) is 11.5 Å². The first-order valence-corrected chi connectivity index (χ1v) is 6.87. The zero-order chi connectivity index (χ0) is 15.5. The molecule has 0 aliphatic rings. The Morgan fingerprint density at radius 3 is 2.62 bits per heavy atom. The van der Waals surface area contributed by atoms with Crippen LogP contribution in [0.2, 0.25) is 0 Å². The number of carbonyl (C=O) groups is 1. The van der Waals surface area contributed by atoms with E-state index in [0.717, 1.165) is 12.1 Å². The minimum atomic E-state index is -0.209. The lowest BCUT2D eigenvalue weighted by atomic mass is 10.1. The van der Waals surface area contributed by atoms with Crippen molar-refractivity contribution in [2.75, 3.05) is 7.05 Å². The summed E-state index contributed by atoms with van der Waals surface area (Å²) in [4.78, 5) is 15.9. The van der Waals surface area contributed by atoms with E-state index in [1.165, 1.54) is 0 Å². The highest BCUT2D eigenvalue weighted by molar-refractivity contribution is 5.91. The molecule has 6 heteroatoms. The van der Waals surface area contributed by atoms with Gasteiger partial charge in [-0.15, -0.1) is 0 Å². The minimum Gasteiger partial charge on any atom is -0.354 e. The first kappa shape index (κ1) is 15.2. The maximum Gasteiger partial charge on any atom is 0.271 e. The summed E-state index contributed by atoms with van der Waals surface area (Å²) in [5, 5.41) is 10.1. The summed E-state index contributed by atoms with van der Waals surface area (Å²) in [6.07, 6.45) is 3.54. The van der Waals surface area contributed by atoms with Gasteiger partial charge in [-0.2, -0.15) is 5.10 Å². The first-order valence-electron chi connectivity index (χ1n) is 6.87. The molecule has 6 nitrogen and oxygen atoms in total. The Balaban J connectivity index is 2.08. The molecule has 21 heavy (non-hydrogen) atoms. The highest BCUT2D eigenvalue weighted by Crippen LogP contribution is 2.08. The summed E-state index contributed by atoms with van der Waals surface area (Å²) in [6.45, 7) is 7.13. The Labute approximate surface area is 124 Å². The number of amides is 1. The summed E-state index contributed by atoms with van der Waals surface area (Å²) in [5.41, 5.74) is 1.55. The Morgan fingerprint density at radius 1 is 1.29 bits per heavy atom. The minimum absolute atomic E-state index is 0.0725. The Morgan fingerprint density at radius 2 is 2.05 bits per heavy atom. The van der Waals surface area contributed by atoms with E-state index in [-0.39, 0.29) is 11.4 Å². The largest absolute Gasteiger partial charge is 0.354 e. The molecule has 0 atom stereocenters. The van der Waals surface area contributed by atoms with Gasteiger partial charge in [0.1, 0.15) is 0 Å². The molecule has 112 valence electrons. The van der Waals surface area contributed by atoms with Crippen molar-refractivity contribution in [1.29, 1.82) is 0 Å². The second-order valence-corrected chi connectivity index (χ2v) is 5.85. The van der Waals surface area contributed by atoms with Crippen LogP contribution in [0.3, 0.4) is 0 Å². The molecule has 0 fully saturated rings. The van der Waals surface area contributed by atoms with E-state index >= 15 is 0 Å². The number of aromatic nitrogens is 3. The van der Waals surface area contributed by atoms with Crippen molar-refractivity contribution in [2.45, 2.75) is 32.9 Å². The van der Waals surface area contributed by atoms with Crippen molar-refractivity contribution >= 4 is 5.91 Å². The summed E-state index contributed by atoms with van der Waals surface area (Å²) in [6, 6.07) is 5.55. The van der Waals surface area contributed by atoms with Gasteiger partial charge < -0.3 is 10.6 Å². The molecule has 2 heterocycles. The molecule has 0 aliphatic carbocycles. The van der Waals surface area contributed by atoms with Crippen LogP contribution in [0.5, 0.6) is 0 Å². The summed E-state index contributed by atoms with van der Waals surface area (Å²) in [7, 11) is 1.58. The molecular weight excluding hydrogens is 266 g/mol. The fourth-order valence-corrected chi connectivity index (χ4v) is 1.72. The van der Waals surface area contributed by atoms with Gasteiger partial charge >= 0.3 is 0 Å². The molecule has 0 spiro atoms. The fraction of sp³-hybridized carbons (Fsp3) is 0.400. The SMILES string of the molecule is CNC(=O)c1ccn(-c2ccc(CNC(C)(C)C)cn2)n1. The van der Waals surface area contributed by atoms with Gasteiger partial charge in [-0.05, 0) is 38.5 Å². The normalized spacial score (nSPS) is 11.4. The first-order chi connectivity index (χ1) is 9.89. The van der Waals surface area contributed by atoms with Crippen molar-refractivity contribution in [3.8, 4) is 5.82 Å². The van der Waals surface area contributed by atoms with Crippen LogP contribution in [0.25, 0.3) is 5.82 Å². The third-order valence-corrected chi connectivity index (χ3v) is 2.92. The van der Waals surface area contributed by atoms with Crippen molar-refractivity contribution in [3.63, 3.8) is 0 Å². The van der Waals surface area contributed by atoms with Gasteiger partial charge in [0.25, 0.3) is 5.91 Å². The lowest BCUT2D eigenvalue weighted by Crippen LogP contribution is -2.35. The standard InChI is InChI=1S/C15H21N5O/c1-15(2,3)18-10-11-5-6-13(17-9-11)20-8-7-12(19-20)14(21)16-4/h5-9,18H,10H2,1-4H3,(H,16,21). The monoisotopic (exact) mass is 287 g/mol. The molecule has 0 saturated heterocycles. The van der Waals surface area contributed by atoms with E-state index in [1.807, 2.05) is 18.3 Å². The molecule has 0 unspecified atom stereocenters. The van der Waals surface area contributed by atoms with E-state index in [1.54, 1.807) is 24.0 Å². The molecule has 0 aromatic carbocycles. The fourth-order valence-electron chi connectivity index (χ4n) is 1.72. The average molecular weight is 287 g/mol.